The van der Waals surface area contributed by atoms with Crippen molar-refractivity contribution < 1.29 is 14.3 Å². The zero-order valence-electron chi connectivity index (χ0n) is 14.7. The molecule has 2 heterocycles. The highest BCUT2D eigenvalue weighted by molar-refractivity contribution is 7.17. The molecule has 3 aromatic rings. The van der Waals surface area contributed by atoms with Crippen molar-refractivity contribution in [2.75, 3.05) is 19.8 Å². The zero-order chi connectivity index (χ0) is 17.9. The Balaban J connectivity index is 1.37. The molecule has 0 saturated carbocycles. The van der Waals surface area contributed by atoms with Gasteiger partial charge in [0.15, 0.2) is 11.5 Å². The minimum absolute atomic E-state index is 0.0289. The molecule has 0 spiro atoms. The number of amides is 1. The molecule has 26 heavy (non-hydrogen) atoms. The van der Waals surface area contributed by atoms with E-state index in [1.165, 1.54) is 15.6 Å². The van der Waals surface area contributed by atoms with Crippen molar-refractivity contribution in [3.8, 4) is 11.5 Å². The Kier molecular flexibility index (Phi) is 4.80. The maximum absolute atomic E-state index is 12.5. The third kappa shape index (κ3) is 3.40. The summed E-state index contributed by atoms with van der Waals surface area (Å²) in [7, 11) is 0. The summed E-state index contributed by atoms with van der Waals surface area (Å²) in [6, 6.07) is 14.1. The highest BCUT2D eigenvalue weighted by atomic mass is 32.1. The van der Waals surface area contributed by atoms with Crippen LogP contribution < -0.4 is 14.8 Å². The molecule has 1 unspecified atom stereocenters. The molecule has 4 nitrogen and oxygen atoms in total. The van der Waals surface area contributed by atoms with E-state index >= 15 is 0 Å². The Labute approximate surface area is 156 Å². The molecule has 0 fully saturated rings. The van der Waals surface area contributed by atoms with Gasteiger partial charge in [0.1, 0.15) is 13.2 Å². The van der Waals surface area contributed by atoms with Crippen molar-refractivity contribution in [3.63, 3.8) is 0 Å². The summed E-state index contributed by atoms with van der Waals surface area (Å²) in [5.41, 5.74) is 2.23. The average molecular weight is 367 g/mol. The van der Waals surface area contributed by atoms with Crippen LogP contribution in [0.1, 0.15) is 24.0 Å². The first-order chi connectivity index (χ1) is 12.7. The Bertz CT molecular complexity index is 934. The number of hydrogen-bond acceptors (Lipinski definition) is 4. The largest absolute Gasteiger partial charge is 0.486 e. The van der Waals surface area contributed by atoms with E-state index in [9.17, 15) is 4.79 Å². The number of hydrogen-bond donors (Lipinski definition) is 1. The lowest BCUT2D eigenvalue weighted by atomic mass is 9.99. The first-order valence-electron chi connectivity index (χ1n) is 8.85. The molecule has 1 amide bonds. The van der Waals surface area contributed by atoms with Gasteiger partial charge in [-0.3, -0.25) is 4.79 Å². The van der Waals surface area contributed by atoms with Gasteiger partial charge in [-0.25, -0.2) is 0 Å². The Morgan fingerprint density at radius 2 is 1.96 bits per heavy atom. The number of fused-ring (bicyclic) bond motifs is 2. The summed E-state index contributed by atoms with van der Waals surface area (Å²) in [6.07, 6.45) is 0.837. The summed E-state index contributed by atoms with van der Waals surface area (Å²) in [4.78, 5) is 12.5. The van der Waals surface area contributed by atoms with Crippen LogP contribution in [0, 0.1) is 0 Å². The van der Waals surface area contributed by atoms with Crippen molar-refractivity contribution in [2.24, 2.45) is 0 Å². The monoisotopic (exact) mass is 367 g/mol. The van der Waals surface area contributed by atoms with E-state index in [1.807, 2.05) is 25.1 Å². The van der Waals surface area contributed by atoms with Crippen molar-refractivity contribution in [2.45, 2.75) is 19.3 Å². The predicted molar refractivity (Wildman–Crippen MR) is 104 cm³/mol. The van der Waals surface area contributed by atoms with Gasteiger partial charge < -0.3 is 14.8 Å². The molecule has 134 valence electrons. The molecule has 4 rings (SSSR count). The molecule has 0 aliphatic carbocycles. The van der Waals surface area contributed by atoms with Gasteiger partial charge in [0.2, 0.25) is 5.91 Å². The molecular formula is C21H21NO3S. The molecule has 0 saturated heterocycles. The second-order valence-electron chi connectivity index (χ2n) is 6.42. The second kappa shape index (κ2) is 7.38. The molecule has 0 bridgehead atoms. The summed E-state index contributed by atoms with van der Waals surface area (Å²) in [6.45, 7) is 3.67. The minimum atomic E-state index is -0.231. The van der Waals surface area contributed by atoms with E-state index < -0.39 is 0 Å². The van der Waals surface area contributed by atoms with E-state index in [1.54, 1.807) is 11.3 Å². The number of rotatable bonds is 5. The molecule has 5 heteroatoms. The highest BCUT2D eigenvalue weighted by Crippen LogP contribution is 2.33. The van der Waals surface area contributed by atoms with Crippen LogP contribution in [0.25, 0.3) is 10.1 Å². The lowest BCUT2D eigenvalue weighted by molar-refractivity contribution is -0.122. The Morgan fingerprint density at radius 1 is 1.15 bits per heavy atom. The maximum atomic E-state index is 12.5. The van der Waals surface area contributed by atoms with Crippen molar-refractivity contribution >= 4 is 27.3 Å². The molecule has 2 aromatic carbocycles. The lowest BCUT2D eigenvalue weighted by Crippen LogP contribution is -2.29. The smallest absolute Gasteiger partial charge is 0.227 e. The normalized spacial score (nSPS) is 14.2. The van der Waals surface area contributed by atoms with Crippen LogP contribution in [0.15, 0.2) is 47.8 Å². The van der Waals surface area contributed by atoms with Crippen LogP contribution in [-0.2, 0) is 11.2 Å². The first-order valence-corrected chi connectivity index (χ1v) is 9.73. The van der Waals surface area contributed by atoms with Crippen LogP contribution >= 0.6 is 11.3 Å². The highest BCUT2D eigenvalue weighted by Gasteiger charge is 2.19. The number of carbonyl (C=O) groups excluding carboxylic acids is 1. The standard InChI is InChI=1S/C21H21NO3S/c1-14(15-6-7-18-19(12-15)25-11-10-24-18)21(23)22-9-8-16-13-26-20-5-3-2-4-17(16)20/h2-7,12-14H,8-11H2,1H3,(H,22,23). The average Bonchev–Trinajstić information content (AvgIpc) is 3.10. The lowest BCUT2D eigenvalue weighted by Gasteiger charge is -2.20. The van der Waals surface area contributed by atoms with Gasteiger partial charge in [-0.1, -0.05) is 24.3 Å². The predicted octanol–water partition coefficient (Wildman–Crippen LogP) is 4.13. The van der Waals surface area contributed by atoms with Crippen LogP contribution in [0.5, 0.6) is 11.5 Å². The van der Waals surface area contributed by atoms with Crippen LogP contribution in [0.3, 0.4) is 0 Å². The van der Waals surface area contributed by atoms with Gasteiger partial charge in [-0.15, -0.1) is 11.3 Å². The van der Waals surface area contributed by atoms with Crippen LogP contribution in [0.2, 0.25) is 0 Å². The number of benzene rings is 2. The minimum Gasteiger partial charge on any atom is -0.486 e. The molecule has 1 atom stereocenters. The molecule has 1 aliphatic rings. The summed E-state index contributed by atoms with van der Waals surface area (Å²) >= 11 is 1.75. The summed E-state index contributed by atoms with van der Waals surface area (Å²) < 4.78 is 12.4. The van der Waals surface area contributed by atoms with E-state index in [2.05, 4.69) is 35.0 Å². The number of ether oxygens (including phenoxy) is 2. The summed E-state index contributed by atoms with van der Waals surface area (Å²) in [5, 5.41) is 6.52. The Morgan fingerprint density at radius 3 is 2.85 bits per heavy atom. The molecular weight excluding hydrogens is 346 g/mol. The molecule has 1 N–H and O–H groups in total. The van der Waals surface area contributed by atoms with Gasteiger partial charge in [0.05, 0.1) is 5.92 Å². The van der Waals surface area contributed by atoms with Crippen LogP contribution in [-0.4, -0.2) is 25.7 Å². The molecule has 1 aromatic heterocycles. The zero-order valence-corrected chi connectivity index (χ0v) is 15.5. The molecule has 0 radical (unpaired) electrons. The van der Waals surface area contributed by atoms with E-state index in [0.29, 0.717) is 19.8 Å². The van der Waals surface area contributed by atoms with Gasteiger partial charge in [0.25, 0.3) is 0 Å². The number of nitrogens with one attached hydrogen (secondary N) is 1. The third-order valence-electron chi connectivity index (χ3n) is 4.71. The van der Waals surface area contributed by atoms with Gasteiger partial charge in [-0.2, -0.15) is 0 Å². The summed E-state index contributed by atoms with van der Waals surface area (Å²) in [5.74, 6) is 1.27. The fourth-order valence-corrected chi connectivity index (χ4v) is 4.18. The van der Waals surface area contributed by atoms with Gasteiger partial charge in [0, 0.05) is 11.2 Å². The SMILES string of the molecule is CC(C(=O)NCCc1csc2ccccc12)c1ccc2c(c1)OCCO2. The fourth-order valence-electron chi connectivity index (χ4n) is 3.18. The van der Waals surface area contributed by atoms with Crippen molar-refractivity contribution in [1.82, 2.24) is 5.32 Å². The van der Waals surface area contributed by atoms with E-state index in [0.717, 1.165) is 23.5 Å². The third-order valence-corrected chi connectivity index (χ3v) is 5.73. The van der Waals surface area contributed by atoms with Crippen LogP contribution in [0.4, 0.5) is 0 Å². The fraction of sp³-hybridized carbons (Fsp3) is 0.286. The number of thiophene rings is 1. The van der Waals surface area contributed by atoms with Crippen molar-refractivity contribution in [3.05, 3.63) is 59.0 Å². The number of carbonyl (C=O) groups is 1. The second-order valence-corrected chi connectivity index (χ2v) is 7.33. The van der Waals surface area contributed by atoms with Gasteiger partial charge >= 0.3 is 0 Å². The van der Waals surface area contributed by atoms with E-state index in [4.69, 9.17) is 9.47 Å². The van der Waals surface area contributed by atoms with Gasteiger partial charge in [-0.05, 0) is 53.4 Å². The maximum Gasteiger partial charge on any atom is 0.227 e. The molecule has 1 aliphatic heterocycles. The first kappa shape index (κ1) is 16.9. The Hall–Kier alpha value is -2.53. The van der Waals surface area contributed by atoms with Crippen molar-refractivity contribution in [1.29, 1.82) is 0 Å². The quantitative estimate of drug-likeness (QED) is 0.737. The van der Waals surface area contributed by atoms with E-state index in [-0.39, 0.29) is 11.8 Å². The topological polar surface area (TPSA) is 47.6 Å².